The fraction of sp³-hybridized carbons (Fsp3) is 0.160. The maximum atomic E-state index is 14.2. The molecule has 2 aliphatic rings. The van der Waals surface area contributed by atoms with E-state index in [1.54, 1.807) is 36.5 Å². The van der Waals surface area contributed by atoms with Gasteiger partial charge in [0.2, 0.25) is 0 Å². The van der Waals surface area contributed by atoms with Crippen molar-refractivity contribution in [3.8, 4) is 0 Å². The molecule has 0 unspecified atom stereocenters. The Balaban J connectivity index is 0.857. The number of amides is 7. The topological polar surface area (TPSA) is 285 Å². The van der Waals surface area contributed by atoms with E-state index in [1.165, 1.54) is 42.5 Å². The number of nitro benzene ring substituents is 2. The van der Waals surface area contributed by atoms with Crippen LogP contribution in [0.1, 0.15) is 72.5 Å². The standard InChI is InChI=1S/C50H40N10O11/c61-44(54-16-13-51-14-18-56-46(63)36-11-12-53-41-10-2-1-7-35(36)41)30-21-31(25-32(24-30)58-49(66)38-9-4-6-29-23-34(60(70)71)27-40(43(29)38)50(58)67)45(62)55-17-15-52-19-20-57-47(64)37-8-3-5-28-22-33(59(68)69)26-39(42(28)37)48(57)65/h1-12,21-27,51-52H,13-20H2,(H,54,61)(H,55,62)(H,56,63). The molecule has 1 aromatic heterocycles. The molecule has 0 saturated carbocycles. The molecule has 6 aromatic carbocycles. The molecule has 3 heterocycles. The molecule has 0 aliphatic carbocycles. The third-order valence-corrected chi connectivity index (χ3v) is 12.0. The number of non-ortho nitro benzene ring substituents is 2. The summed E-state index contributed by atoms with van der Waals surface area (Å²) in [6.07, 6.45) is 1.56. The van der Waals surface area contributed by atoms with E-state index in [4.69, 9.17) is 0 Å². The lowest BCUT2D eigenvalue weighted by Crippen LogP contribution is -2.44. The van der Waals surface area contributed by atoms with Gasteiger partial charge in [0.05, 0.1) is 37.7 Å². The quantitative estimate of drug-likeness (QED) is 0.0342. The molecule has 0 spiro atoms. The zero-order valence-electron chi connectivity index (χ0n) is 37.4. The van der Waals surface area contributed by atoms with Crippen molar-refractivity contribution >= 4 is 90.9 Å². The van der Waals surface area contributed by atoms with Crippen molar-refractivity contribution < 1.29 is 43.4 Å². The number of anilines is 1. The molecule has 7 aromatic rings. The van der Waals surface area contributed by atoms with Crippen LogP contribution >= 0.6 is 0 Å². The van der Waals surface area contributed by atoms with Crippen molar-refractivity contribution in [2.24, 2.45) is 0 Å². The normalized spacial score (nSPS) is 13.0. The highest BCUT2D eigenvalue weighted by molar-refractivity contribution is 6.36. The number of nitrogens with one attached hydrogen (secondary N) is 5. The summed E-state index contributed by atoms with van der Waals surface area (Å²) in [6, 6.07) is 26.8. The Kier molecular flexibility index (Phi) is 13.0. The molecule has 71 heavy (non-hydrogen) atoms. The van der Waals surface area contributed by atoms with Gasteiger partial charge in [0, 0.05) is 121 Å². The molecule has 0 radical (unpaired) electrons. The minimum absolute atomic E-state index is 0.00724. The van der Waals surface area contributed by atoms with Gasteiger partial charge in [-0.05, 0) is 53.2 Å². The largest absolute Gasteiger partial charge is 0.351 e. The van der Waals surface area contributed by atoms with Crippen molar-refractivity contribution in [3.63, 3.8) is 0 Å². The molecule has 21 heteroatoms. The van der Waals surface area contributed by atoms with Gasteiger partial charge in [0.1, 0.15) is 0 Å². The van der Waals surface area contributed by atoms with E-state index in [1.807, 2.05) is 24.3 Å². The van der Waals surface area contributed by atoms with Crippen molar-refractivity contribution in [1.82, 2.24) is 36.5 Å². The molecule has 0 fully saturated rings. The van der Waals surface area contributed by atoms with Gasteiger partial charge >= 0.3 is 0 Å². The molecular formula is C50H40N10O11. The first-order valence-corrected chi connectivity index (χ1v) is 22.2. The predicted octanol–water partition coefficient (Wildman–Crippen LogP) is 4.52. The monoisotopic (exact) mass is 956 g/mol. The van der Waals surface area contributed by atoms with E-state index in [2.05, 4.69) is 31.6 Å². The number of carbonyl (C=O) groups is 7. The maximum absolute atomic E-state index is 14.2. The summed E-state index contributed by atoms with van der Waals surface area (Å²) in [5, 5.41) is 39.9. The van der Waals surface area contributed by atoms with E-state index in [9.17, 15) is 53.8 Å². The minimum atomic E-state index is -0.909. The lowest BCUT2D eigenvalue weighted by Gasteiger charge is -2.28. The van der Waals surface area contributed by atoms with Gasteiger partial charge in [-0.15, -0.1) is 0 Å². The third-order valence-electron chi connectivity index (χ3n) is 12.0. The van der Waals surface area contributed by atoms with Crippen molar-refractivity contribution in [2.75, 3.05) is 57.3 Å². The van der Waals surface area contributed by atoms with Crippen molar-refractivity contribution in [3.05, 3.63) is 175 Å². The molecule has 356 valence electrons. The second-order valence-corrected chi connectivity index (χ2v) is 16.4. The molecule has 0 saturated heterocycles. The number of para-hydroxylation sites is 1. The Labute approximate surface area is 401 Å². The molecular weight excluding hydrogens is 917 g/mol. The molecule has 7 amide bonds. The van der Waals surface area contributed by atoms with Gasteiger partial charge in [-0.3, -0.25) is 63.7 Å². The number of pyridine rings is 1. The maximum Gasteiger partial charge on any atom is 0.270 e. The average Bonchev–Trinajstić information content (AvgIpc) is 3.37. The average molecular weight is 957 g/mol. The first-order valence-electron chi connectivity index (χ1n) is 22.2. The van der Waals surface area contributed by atoms with Crippen LogP contribution in [0.3, 0.4) is 0 Å². The molecule has 0 bridgehead atoms. The molecule has 9 rings (SSSR count). The SMILES string of the molecule is O=C(NCCNCCNC(=O)c1ccnc2ccccc12)c1cc(C(=O)NCCNCCN2C(=O)c3cccc4cc([N+](=O)[O-])cc(c34)C2=O)cc(N2C(=O)c3cccc4cc([N+](=O)[O-])cc(c34)C2=O)c1. The number of benzene rings is 6. The van der Waals surface area contributed by atoms with Crippen molar-refractivity contribution in [2.45, 2.75) is 0 Å². The minimum Gasteiger partial charge on any atom is -0.351 e. The fourth-order valence-corrected chi connectivity index (χ4v) is 8.71. The zero-order chi connectivity index (χ0) is 49.9. The summed E-state index contributed by atoms with van der Waals surface area (Å²) in [5.74, 6) is -4.57. The molecule has 2 aliphatic heterocycles. The second kappa shape index (κ2) is 19.7. The Morgan fingerprint density at radius 2 is 1.03 bits per heavy atom. The Morgan fingerprint density at radius 1 is 0.521 bits per heavy atom. The first-order chi connectivity index (χ1) is 34.3. The van der Waals surface area contributed by atoms with Crippen LogP contribution in [0.2, 0.25) is 0 Å². The summed E-state index contributed by atoms with van der Waals surface area (Å²) in [7, 11) is 0. The molecule has 5 N–H and O–H groups in total. The van der Waals surface area contributed by atoms with Crippen LogP contribution in [0.5, 0.6) is 0 Å². The van der Waals surface area contributed by atoms with Crippen LogP contribution in [0.25, 0.3) is 32.4 Å². The number of aromatic nitrogens is 1. The Hall–Kier alpha value is -9.34. The summed E-state index contributed by atoms with van der Waals surface area (Å²) in [5.41, 5.74) is 0.366. The van der Waals surface area contributed by atoms with Gasteiger partial charge in [-0.25, -0.2) is 4.90 Å². The first kappa shape index (κ1) is 46.8. The number of imide groups is 2. The molecule has 0 atom stereocenters. The van der Waals surface area contributed by atoms with Crippen LogP contribution < -0.4 is 31.5 Å². The zero-order valence-corrected chi connectivity index (χ0v) is 37.4. The number of hydrogen-bond donors (Lipinski definition) is 5. The van der Waals surface area contributed by atoms with Crippen molar-refractivity contribution in [1.29, 1.82) is 0 Å². The van der Waals surface area contributed by atoms with Crippen LogP contribution in [-0.2, 0) is 0 Å². The van der Waals surface area contributed by atoms with Crippen LogP contribution in [0, 0.1) is 20.2 Å². The van der Waals surface area contributed by atoms with Gasteiger partial charge in [0.25, 0.3) is 52.7 Å². The second-order valence-electron chi connectivity index (χ2n) is 16.4. The van der Waals surface area contributed by atoms with E-state index in [0.717, 1.165) is 21.9 Å². The summed E-state index contributed by atoms with van der Waals surface area (Å²) in [6.45, 7) is 1.11. The molecule has 21 nitrogen and oxygen atoms in total. The number of carbonyl (C=O) groups excluding carboxylic acids is 7. The van der Waals surface area contributed by atoms with E-state index in [-0.39, 0.29) is 108 Å². The highest BCUT2D eigenvalue weighted by Crippen LogP contribution is 2.37. The van der Waals surface area contributed by atoms with Crippen LogP contribution in [0.4, 0.5) is 17.1 Å². The van der Waals surface area contributed by atoms with Gasteiger partial charge in [-0.1, -0.05) is 42.5 Å². The van der Waals surface area contributed by atoms with Gasteiger partial charge in [-0.2, -0.15) is 0 Å². The van der Waals surface area contributed by atoms with E-state index >= 15 is 0 Å². The fourth-order valence-electron chi connectivity index (χ4n) is 8.71. The lowest BCUT2D eigenvalue weighted by atomic mass is 9.92. The third kappa shape index (κ3) is 9.20. The van der Waals surface area contributed by atoms with E-state index in [0.29, 0.717) is 39.2 Å². The van der Waals surface area contributed by atoms with E-state index < -0.39 is 45.3 Å². The van der Waals surface area contributed by atoms with Crippen LogP contribution in [-0.4, -0.2) is 113 Å². The highest BCUT2D eigenvalue weighted by Gasteiger charge is 2.37. The van der Waals surface area contributed by atoms with Gasteiger partial charge in [0.15, 0.2) is 0 Å². The summed E-state index contributed by atoms with van der Waals surface area (Å²) < 4.78 is 0. The number of hydrogen-bond acceptors (Lipinski definition) is 14. The van der Waals surface area contributed by atoms with Gasteiger partial charge < -0.3 is 26.6 Å². The Morgan fingerprint density at radius 3 is 1.62 bits per heavy atom. The lowest BCUT2D eigenvalue weighted by molar-refractivity contribution is -0.384. The summed E-state index contributed by atoms with van der Waals surface area (Å²) >= 11 is 0. The number of nitro groups is 2. The number of rotatable bonds is 18. The number of fused-ring (bicyclic) bond motifs is 1. The van der Waals surface area contributed by atoms with Crippen LogP contribution in [0.15, 0.2) is 115 Å². The highest BCUT2D eigenvalue weighted by atomic mass is 16.6. The number of nitrogens with zero attached hydrogens (tertiary/aromatic N) is 5. The summed E-state index contributed by atoms with van der Waals surface area (Å²) in [4.78, 5) is 124. The Bertz CT molecular complexity index is 3450. The predicted molar refractivity (Wildman–Crippen MR) is 259 cm³/mol. The smallest absolute Gasteiger partial charge is 0.270 e.